The average molecular weight is 309 g/mol. The van der Waals surface area contributed by atoms with Gasteiger partial charge >= 0.3 is 0 Å². The first-order chi connectivity index (χ1) is 11.2. The van der Waals surface area contributed by atoms with Crippen molar-refractivity contribution >= 4 is 16.5 Å². The van der Waals surface area contributed by atoms with Crippen molar-refractivity contribution in [3.8, 4) is 11.8 Å². The van der Waals surface area contributed by atoms with Crippen LogP contribution >= 0.6 is 0 Å². The zero-order valence-corrected chi connectivity index (χ0v) is 14.2. The number of aryl methyl sites for hydroxylation is 1. The van der Waals surface area contributed by atoms with E-state index in [4.69, 9.17) is 4.74 Å². The first kappa shape index (κ1) is 16.9. The highest BCUT2D eigenvalue weighted by Gasteiger charge is 2.18. The minimum absolute atomic E-state index is 0.715. The zero-order chi connectivity index (χ0) is 16.8. The van der Waals surface area contributed by atoms with Crippen LogP contribution in [0, 0.1) is 11.3 Å². The molecular formula is C19H23N3O. The average Bonchev–Trinajstić information content (AvgIpc) is 2.91. The fourth-order valence-corrected chi connectivity index (χ4v) is 2.81. The monoisotopic (exact) mass is 309 g/mol. The van der Waals surface area contributed by atoms with Crippen LogP contribution in [0.15, 0.2) is 36.4 Å². The summed E-state index contributed by atoms with van der Waals surface area (Å²) in [7, 11) is 3.57. The molecule has 23 heavy (non-hydrogen) atoms. The lowest BCUT2D eigenvalue weighted by Gasteiger charge is -2.10. The first-order valence-corrected chi connectivity index (χ1v) is 7.79. The van der Waals surface area contributed by atoms with E-state index in [0.29, 0.717) is 5.56 Å². The second-order valence-electron chi connectivity index (χ2n) is 5.17. The minimum atomic E-state index is 0.715. The van der Waals surface area contributed by atoms with Crippen LogP contribution in [-0.4, -0.2) is 25.3 Å². The van der Waals surface area contributed by atoms with E-state index >= 15 is 0 Å². The van der Waals surface area contributed by atoms with Crippen molar-refractivity contribution in [2.45, 2.75) is 20.4 Å². The molecule has 0 spiro atoms. The molecule has 0 amide bonds. The molecule has 4 nitrogen and oxygen atoms in total. The van der Waals surface area contributed by atoms with Gasteiger partial charge in [0.2, 0.25) is 0 Å². The Morgan fingerprint density at radius 2 is 2.22 bits per heavy atom. The van der Waals surface area contributed by atoms with Crippen LogP contribution in [0.25, 0.3) is 16.5 Å². The number of hydrogen-bond donors (Lipinski definition) is 1. The van der Waals surface area contributed by atoms with Gasteiger partial charge in [0, 0.05) is 24.5 Å². The molecule has 1 aromatic carbocycles. The van der Waals surface area contributed by atoms with Crippen LogP contribution in [0.2, 0.25) is 0 Å². The topological polar surface area (TPSA) is 50.0 Å². The van der Waals surface area contributed by atoms with E-state index in [1.54, 1.807) is 7.11 Å². The number of nitrogens with zero attached hydrogens (tertiary/aromatic N) is 2. The molecule has 1 aromatic heterocycles. The number of methoxy groups -OCH3 is 1. The maximum Gasteiger partial charge on any atom is 0.120 e. The molecule has 2 aromatic rings. The second-order valence-corrected chi connectivity index (χ2v) is 5.17. The van der Waals surface area contributed by atoms with Crippen molar-refractivity contribution in [1.82, 2.24) is 9.88 Å². The van der Waals surface area contributed by atoms with Crippen molar-refractivity contribution in [2.24, 2.45) is 0 Å². The molecule has 2 rings (SSSR count). The molecule has 4 heteroatoms. The van der Waals surface area contributed by atoms with Crippen molar-refractivity contribution in [1.29, 1.82) is 5.26 Å². The fraction of sp³-hybridized carbons (Fsp3) is 0.316. The molecule has 0 aliphatic heterocycles. The van der Waals surface area contributed by atoms with Crippen LogP contribution in [0.4, 0.5) is 0 Å². The molecule has 0 aliphatic carbocycles. The third-order valence-corrected chi connectivity index (χ3v) is 3.90. The molecule has 0 bridgehead atoms. The summed E-state index contributed by atoms with van der Waals surface area (Å²) in [6, 6.07) is 8.24. The van der Waals surface area contributed by atoms with E-state index in [0.717, 1.165) is 41.0 Å². The largest absolute Gasteiger partial charge is 0.497 e. The second kappa shape index (κ2) is 7.66. The van der Waals surface area contributed by atoms with Crippen LogP contribution in [0.3, 0.4) is 0 Å². The summed E-state index contributed by atoms with van der Waals surface area (Å²) < 4.78 is 7.51. The highest BCUT2D eigenvalue weighted by Crippen LogP contribution is 2.33. The summed E-state index contributed by atoms with van der Waals surface area (Å²) in [5.74, 6) is 0.800. The van der Waals surface area contributed by atoms with E-state index in [2.05, 4.69) is 35.0 Å². The molecule has 0 saturated heterocycles. The fourth-order valence-electron chi connectivity index (χ4n) is 2.81. The number of fused-ring (bicyclic) bond motifs is 1. The van der Waals surface area contributed by atoms with Crippen molar-refractivity contribution in [2.75, 3.05) is 20.7 Å². The van der Waals surface area contributed by atoms with Crippen molar-refractivity contribution < 1.29 is 4.74 Å². The third kappa shape index (κ3) is 3.15. The summed E-state index contributed by atoms with van der Waals surface area (Å²) in [5, 5.41) is 13.8. The van der Waals surface area contributed by atoms with Gasteiger partial charge in [0.15, 0.2) is 0 Å². The quantitative estimate of drug-likeness (QED) is 0.827. The highest BCUT2D eigenvalue weighted by atomic mass is 16.5. The minimum Gasteiger partial charge on any atom is -0.497 e. The van der Waals surface area contributed by atoms with Gasteiger partial charge in [-0.05, 0) is 38.6 Å². The van der Waals surface area contributed by atoms with Crippen LogP contribution < -0.4 is 10.1 Å². The molecule has 0 unspecified atom stereocenters. The Bertz CT molecular complexity index is 791. The molecule has 0 aliphatic rings. The van der Waals surface area contributed by atoms with Gasteiger partial charge in [-0.1, -0.05) is 18.2 Å². The number of nitrogens with one attached hydrogen (secondary N) is 1. The van der Waals surface area contributed by atoms with Gasteiger partial charge in [-0.3, -0.25) is 0 Å². The van der Waals surface area contributed by atoms with Crippen LogP contribution in [0.5, 0.6) is 5.75 Å². The summed E-state index contributed by atoms with van der Waals surface area (Å²) in [5.41, 5.74) is 3.76. The number of nitriles is 1. The third-order valence-electron chi connectivity index (χ3n) is 3.90. The standard InChI is InChI=1S/C19H23N3O/c1-5-14(8-7-11-21-3)19-17(13-20)16-10-9-15(23-4)12-18(16)22(19)6-2/h5,7-10,12,21H,6,11H2,1-4H3/b8-7-,14-5+. The lowest BCUT2D eigenvalue weighted by molar-refractivity contribution is 0.415. The maximum absolute atomic E-state index is 9.71. The summed E-state index contributed by atoms with van der Waals surface area (Å²) in [4.78, 5) is 0. The Balaban J connectivity index is 2.73. The zero-order valence-electron chi connectivity index (χ0n) is 14.2. The predicted molar refractivity (Wildman–Crippen MR) is 95.6 cm³/mol. The van der Waals surface area contributed by atoms with Gasteiger partial charge in [-0.15, -0.1) is 0 Å². The smallest absolute Gasteiger partial charge is 0.120 e. The molecule has 0 saturated carbocycles. The lowest BCUT2D eigenvalue weighted by Crippen LogP contribution is -2.04. The Labute approximate surface area is 137 Å². The van der Waals surface area contributed by atoms with Crippen LogP contribution in [0.1, 0.15) is 25.1 Å². The molecule has 0 radical (unpaired) electrons. The number of likely N-dealkylation sites (N-methyl/N-ethyl adjacent to an activating group) is 1. The summed E-state index contributed by atoms with van der Waals surface area (Å²) in [6.45, 7) is 5.67. The normalized spacial score (nSPS) is 12.0. The summed E-state index contributed by atoms with van der Waals surface area (Å²) in [6.07, 6.45) is 6.17. The SMILES string of the molecule is C/C=C(\C=C/CNC)c1c(C#N)c2ccc(OC)cc2n1CC. The molecular weight excluding hydrogens is 286 g/mol. The van der Waals surface area contributed by atoms with Gasteiger partial charge < -0.3 is 14.6 Å². The van der Waals surface area contributed by atoms with E-state index in [9.17, 15) is 5.26 Å². The Morgan fingerprint density at radius 1 is 1.43 bits per heavy atom. The predicted octanol–water partition coefficient (Wildman–Crippen LogP) is 3.72. The Kier molecular flexibility index (Phi) is 5.61. The van der Waals surface area contributed by atoms with E-state index < -0.39 is 0 Å². The molecule has 1 heterocycles. The van der Waals surface area contributed by atoms with Crippen molar-refractivity contribution in [3.05, 3.63) is 47.7 Å². The van der Waals surface area contributed by atoms with Gasteiger partial charge in [0.05, 0.1) is 23.9 Å². The first-order valence-electron chi connectivity index (χ1n) is 7.79. The number of allylic oxidation sites excluding steroid dienone is 3. The Hall–Kier alpha value is -2.51. The molecule has 0 fully saturated rings. The number of ether oxygens (including phenoxy) is 1. The van der Waals surface area contributed by atoms with Gasteiger partial charge in [-0.2, -0.15) is 5.26 Å². The number of aromatic nitrogens is 1. The van der Waals surface area contributed by atoms with E-state index in [1.165, 1.54) is 0 Å². The highest BCUT2D eigenvalue weighted by molar-refractivity contribution is 5.95. The van der Waals surface area contributed by atoms with E-state index in [-0.39, 0.29) is 0 Å². The molecule has 1 N–H and O–H groups in total. The number of benzene rings is 1. The summed E-state index contributed by atoms with van der Waals surface area (Å²) >= 11 is 0. The number of rotatable bonds is 6. The van der Waals surface area contributed by atoms with Gasteiger partial charge in [-0.25, -0.2) is 0 Å². The molecule has 120 valence electrons. The maximum atomic E-state index is 9.71. The van der Waals surface area contributed by atoms with Gasteiger partial charge in [0.25, 0.3) is 0 Å². The molecule has 0 atom stereocenters. The number of hydrogen-bond acceptors (Lipinski definition) is 3. The van der Waals surface area contributed by atoms with Crippen LogP contribution in [-0.2, 0) is 6.54 Å². The Morgan fingerprint density at radius 3 is 2.78 bits per heavy atom. The lowest BCUT2D eigenvalue weighted by atomic mass is 10.1. The van der Waals surface area contributed by atoms with Gasteiger partial charge in [0.1, 0.15) is 11.8 Å². The van der Waals surface area contributed by atoms with E-state index in [1.807, 2.05) is 38.2 Å². The van der Waals surface area contributed by atoms with Crippen molar-refractivity contribution in [3.63, 3.8) is 0 Å².